The number of cyclic esters (lactones) is 1. The number of carbonyl (C=O) groups is 1. The molecule has 0 unspecified atom stereocenters. The SMILES string of the molecule is COC[C@H]1CN(c2ccc(CCCC3(Cc4ccccc4)OCCO3)cc2)C(=O)O1. The maximum absolute atomic E-state index is 12.1. The Kier molecular flexibility index (Phi) is 6.67. The maximum Gasteiger partial charge on any atom is 0.414 e. The first-order chi connectivity index (χ1) is 14.7. The summed E-state index contributed by atoms with van der Waals surface area (Å²) in [6.07, 6.45) is 2.99. The van der Waals surface area contributed by atoms with Crippen LogP contribution in [0, 0.1) is 0 Å². The topological polar surface area (TPSA) is 57.2 Å². The van der Waals surface area contributed by atoms with Crippen LogP contribution >= 0.6 is 0 Å². The molecule has 2 aromatic rings. The minimum absolute atomic E-state index is 0.214. The molecule has 1 atom stereocenters. The fraction of sp³-hybridized carbons (Fsp3) is 0.458. The molecule has 0 aliphatic carbocycles. The molecule has 30 heavy (non-hydrogen) atoms. The minimum Gasteiger partial charge on any atom is -0.441 e. The molecule has 4 rings (SSSR count). The average Bonchev–Trinajstić information content (AvgIpc) is 3.36. The molecular formula is C24H29NO5. The summed E-state index contributed by atoms with van der Waals surface area (Å²) in [5.41, 5.74) is 3.31. The monoisotopic (exact) mass is 411 g/mol. The van der Waals surface area contributed by atoms with Crippen LogP contribution in [0.2, 0.25) is 0 Å². The van der Waals surface area contributed by atoms with Gasteiger partial charge in [0, 0.05) is 25.6 Å². The Morgan fingerprint density at radius 3 is 2.47 bits per heavy atom. The highest BCUT2D eigenvalue weighted by Crippen LogP contribution is 2.30. The molecule has 2 fully saturated rings. The minimum atomic E-state index is -0.517. The largest absolute Gasteiger partial charge is 0.441 e. The number of methoxy groups -OCH3 is 1. The van der Waals surface area contributed by atoms with Gasteiger partial charge in [0.15, 0.2) is 5.79 Å². The van der Waals surface area contributed by atoms with Crippen LogP contribution < -0.4 is 4.90 Å². The summed E-state index contributed by atoms with van der Waals surface area (Å²) in [7, 11) is 1.61. The number of carbonyl (C=O) groups excluding carboxylic acids is 1. The quantitative estimate of drug-likeness (QED) is 0.625. The Labute approximate surface area is 177 Å². The normalized spacial score (nSPS) is 20.5. The Bertz CT molecular complexity index is 817. The molecule has 2 aromatic carbocycles. The predicted octanol–water partition coefficient (Wildman–Crippen LogP) is 3.97. The van der Waals surface area contributed by atoms with E-state index in [9.17, 15) is 4.79 Å². The van der Waals surface area contributed by atoms with Crippen LogP contribution in [-0.2, 0) is 31.8 Å². The van der Waals surface area contributed by atoms with E-state index in [-0.39, 0.29) is 12.2 Å². The second kappa shape index (κ2) is 9.60. The van der Waals surface area contributed by atoms with Crippen LogP contribution in [0.15, 0.2) is 54.6 Å². The lowest BCUT2D eigenvalue weighted by Crippen LogP contribution is -2.33. The van der Waals surface area contributed by atoms with Crippen molar-refractivity contribution >= 4 is 11.8 Å². The second-order valence-electron chi connectivity index (χ2n) is 7.86. The van der Waals surface area contributed by atoms with Gasteiger partial charge in [-0.1, -0.05) is 42.5 Å². The van der Waals surface area contributed by atoms with E-state index in [2.05, 4.69) is 24.3 Å². The molecule has 0 aromatic heterocycles. The predicted molar refractivity (Wildman–Crippen MR) is 114 cm³/mol. The van der Waals surface area contributed by atoms with Gasteiger partial charge >= 0.3 is 6.09 Å². The molecule has 0 N–H and O–H groups in total. The molecule has 1 amide bonds. The summed E-state index contributed by atoms with van der Waals surface area (Å²) < 4.78 is 22.4. The summed E-state index contributed by atoms with van der Waals surface area (Å²) in [5.74, 6) is -0.517. The molecule has 2 aliphatic rings. The summed E-state index contributed by atoms with van der Waals surface area (Å²) in [4.78, 5) is 13.7. The number of amides is 1. The molecule has 160 valence electrons. The fourth-order valence-electron chi connectivity index (χ4n) is 4.15. The number of anilines is 1. The summed E-state index contributed by atoms with van der Waals surface area (Å²) in [6.45, 7) is 2.23. The van der Waals surface area contributed by atoms with E-state index >= 15 is 0 Å². The molecule has 0 bridgehead atoms. The first kappa shape index (κ1) is 20.8. The molecule has 2 aliphatic heterocycles. The molecule has 0 radical (unpaired) electrons. The smallest absolute Gasteiger partial charge is 0.414 e. The van der Waals surface area contributed by atoms with Crippen LogP contribution in [0.25, 0.3) is 0 Å². The van der Waals surface area contributed by atoms with E-state index in [1.54, 1.807) is 12.0 Å². The van der Waals surface area contributed by atoms with Crippen molar-refractivity contribution in [1.29, 1.82) is 0 Å². The number of nitrogens with zero attached hydrogens (tertiary/aromatic N) is 1. The van der Waals surface area contributed by atoms with Gasteiger partial charge in [0.1, 0.15) is 6.10 Å². The lowest BCUT2D eigenvalue weighted by Gasteiger charge is -2.27. The van der Waals surface area contributed by atoms with E-state index in [4.69, 9.17) is 18.9 Å². The van der Waals surface area contributed by atoms with Crippen molar-refractivity contribution in [2.45, 2.75) is 37.6 Å². The highest BCUT2D eigenvalue weighted by atomic mass is 16.7. The highest BCUT2D eigenvalue weighted by Gasteiger charge is 2.36. The van der Waals surface area contributed by atoms with E-state index in [0.29, 0.717) is 26.4 Å². The number of hydrogen-bond donors (Lipinski definition) is 0. The number of ether oxygens (including phenoxy) is 4. The summed E-state index contributed by atoms with van der Waals surface area (Å²) in [6, 6.07) is 18.5. The standard InChI is InChI=1S/C24H29NO5/c1-27-18-22-17-25(23(26)30-22)21-11-9-19(10-12-21)8-5-13-24(28-14-15-29-24)16-20-6-3-2-4-7-20/h2-4,6-7,9-12,22H,5,8,13-18H2,1H3/t22-/m1/s1. The van der Waals surface area contributed by atoms with Crippen LogP contribution in [0.4, 0.5) is 10.5 Å². The molecule has 6 nitrogen and oxygen atoms in total. The molecule has 2 heterocycles. The molecule has 0 saturated carbocycles. The van der Waals surface area contributed by atoms with Gasteiger partial charge < -0.3 is 18.9 Å². The molecule has 6 heteroatoms. The number of aryl methyl sites for hydroxylation is 1. The van der Waals surface area contributed by atoms with Crippen LogP contribution in [0.3, 0.4) is 0 Å². The van der Waals surface area contributed by atoms with Crippen molar-refractivity contribution in [3.8, 4) is 0 Å². The van der Waals surface area contributed by atoms with E-state index in [0.717, 1.165) is 31.4 Å². The fourth-order valence-corrected chi connectivity index (χ4v) is 4.15. The van der Waals surface area contributed by atoms with E-state index < -0.39 is 5.79 Å². The van der Waals surface area contributed by atoms with E-state index in [1.165, 1.54) is 11.1 Å². The summed E-state index contributed by atoms with van der Waals surface area (Å²) in [5, 5.41) is 0. The second-order valence-corrected chi connectivity index (χ2v) is 7.86. The highest BCUT2D eigenvalue weighted by molar-refractivity contribution is 5.89. The Morgan fingerprint density at radius 2 is 1.77 bits per heavy atom. The Balaban J connectivity index is 1.31. The zero-order chi connectivity index (χ0) is 20.8. The first-order valence-electron chi connectivity index (χ1n) is 10.6. The average molecular weight is 411 g/mol. The van der Waals surface area contributed by atoms with Crippen LogP contribution in [-0.4, -0.2) is 51.5 Å². The Hall–Kier alpha value is -2.41. The van der Waals surface area contributed by atoms with Crippen LogP contribution in [0.1, 0.15) is 24.0 Å². The third kappa shape index (κ3) is 5.01. The lowest BCUT2D eigenvalue weighted by atomic mass is 9.98. The van der Waals surface area contributed by atoms with Crippen molar-refractivity contribution in [3.63, 3.8) is 0 Å². The van der Waals surface area contributed by atoms with Crippen molar-refractivity contribution in [1.82, 2.24) is 0 Å². The van der Waals surface area contributed by atoms with Gasteiger partial charge in [-0.3, -0.25) is 4.90 Å². The van der Waals surface area contributed by atoms with Gasteiger partial charge in [-0.15, -0.1) is 0 Å². The lowest BCUT2D eigenvalue weighted by molar-refractivity contribution is -0.161. The third-order valence-electron chi connectivity index (χ3n) is 5.63. The van der Waals surface area contributed by atoms with Gasteiger partial charge in [-0.05, 0) is 36.1 Å². The third-order valence-corrected chi connectivity index (χ3v) is 5.63. The zero-order valence-corrected chi connectivity index (χ0v) is 17.4. The van der Waals surface area contributed by atoms with Gasteiger partial charge in [0.25, 0.3) is 0 Å². The molecular weight excluding hydrogens is 382 g/mol. The maximum atomic E-state index is 12.1. The van der Waals surface area contributed by atoms with Crippen molar-refractivity contribution in [3.05, 3.63) is 65.7 Å². The van der Waals surface area contributed by atoms with Crippen molar-refractivity contribution in [2.75, 3.05) is 38.4 Å². The van der Waals surface area contributed by atoms with Crippen LogP contribution in [0.5, 0.6) is 0 Å². The van der Waals surface area contributed by atoms with Gasteiger partial charge in [0.2, 0.25) is 0 Å². The van der Waals surface area contributed by atoms with E-state index in [1.807, 2.05) is 30.3 Å². The zero-order valence-electron chi connectivity index (χ0n) is 17.4. The Morgan fingerprint density at radius 1 is 1.03 bits per heavy atom. The first-order valence-corrected chi connectivity index (χ1v) is 10.6. The number of rotatable bonds is 9. The van der Waals surface area contributed by atoms with Gasteiger partial charge in [-0.2, -0.15) is 0 Å². The molecule has 0 spiro atoms. The summed E-state index contributed by atoms with van der Waals surface area (Å²) >= 11 is 0. The number of hydrogen-bond acceptors (Lipinski definition) is 5. The van der Waals surface area contributed by atoms with Gasteiger partial charge in [0.05, 0.1) is 26.4 Å². The van der Waals surface area contributed by atoms with Crippen molar-refractivity contribution < 1.29 is 23.7 Å². The number of benzene rings is 2. The van der Waals surface area contributed by atoms with Crippen molar-refractivity contribution in [2.24, 2.45) is 0 Å². The van der Waals surface area contributed by atoms with Gasteiger partial charge in [-0.25, -0.2) is 4.79 Å². The molecule has 2 saturated heterocycles.